The largest absolute Gasteiger partial charge is 0.356 e. The lowest BCUT2D eigenvalue weighted by Gasteiger charge is -2.23. The molecule has 0 bridgehead atoms. The van der Waals surface area contributed by atoms with E-state index in [4.69, 9.17) is 11.6 Å². The van der Waals surface area contributed by atoms with Crippen LogP contribution >= 0.6 is 11.6 Å². The van der Waals surface area contributed by atoms with Crippen molar-refractivity contribution in [2.75, 3.05) is 18.0 Å². The fourth-order valence-corrected chi connectivity index (χ4v) is 3.19. The van der Waals surface area contributed by atoms with Crippen LogP contribution in [0.1, 0.15) is 33.1 Å². The van der Waals surface area contributed by atoms with Crippen molar-refractivity contribution in [3.63, 3.8) is 0 Å². The first-order valence-corrected chi connectivity index (χ1v) is 7.64. The van der Waals surface area contributed by atoms with Gasteiger partial charge in [0.2, 0.25) is 0 Å². The second-order valence-corrected chi connectivity index (χ2v) is 6.22. The number of nitrogens with zero attached hydrogens (tertiary/aromatic N) is 5. The molecule has 1 unspecified atom stereocenters. The van der Waals surface area contributed by atoms with Gasteiger partial charge >= 0.3 is 0 Å². The van der Waals surface area contributed by atoms with Gasteiger partial charge in [-0.15, -0.1) is 0 Å². The van der Waals surface area contributed by atoms with Crippen LogP contribution in [0.15, 0.2) is 12.4 Å². The number of aromatic nitrogens is 4. The van der Waals surface area contributed by atoms with Crippen molar-refractivity contribution in [3.05, 3.63) is 17.5 Å². The molecule has 108 valence electrons. The van der Waals surface area contributed by atoms with E-state index in [-0.39, 0.29) is 0 Å². The third-order valence-electron chi connectivity index (χ3n) is 4.24. The Morgan fingerprint density at radius 2 is 2.15 bits per heavy atom. The second-order valence-electron chi connectivity index (χ2n) is 5.83. The number of fused-ring (bicyclic) bond motifs is 1. The van der Waals surface area contributed by atoms with E-state index in [2.05, 4.69) is 33.8 Å². The molecule has 0 amide bonds. The van der Waals surface area contributed by atoms with E-state index >= 15 is 0 Å². The maximum Gasteiger partial charge on any atom is 0.255 e. The molecule has 0 radical (unpaired) electrons. The second kappa shape index (κ2) is 5.56. The predicted octanol–water partition coefficient (Wildman–Crippen LogP) is 3.04. The van der Waals surface area contributed by atoms with Crippen LogP contribution in [0.4, 0.5) is 5.82 Å². The predicted molar refractivity (Wildman–Crippen MR) is 80.2 cm³/mol. The van der Waals surface area contributed by atoms with E-state index in [0.29, 0.717) is 10.9 Å². The van der Waals surface area contributed by atoms with Crippen molar-refractivity contribution in [3.8, 4) is 0 Å². The van der Waals surface area contributed by atoms with Crippen molar-refractivity contribution >= 4 is 23.2 Å². The van der Waals surface area contributed by atoms with Gasteiger partial charge in [0.25, 0.3) is 5.78 Å². The highest BCUT2D eigenvalue weighted by Crippen LogP contribution is 2.28. The van der Waals surface area contributed by atoms with E-state index in [1.54, 1.807) is 4.52 Å². The van der Waals surface area contributed by atoms with Crippen molar-refractivity contribution in [2.24, 2.45) is 11.8 Å². The highest BCUT2D eigenvalue weighted by molar-refractivity contribution is 6.29. The summed E-state index contributed by atoms with van der Waals surface area (Å²) in [5.41, 5.74) is 0. The maximum absolute atomic E-state index is 6.10. The molecule has 6 heteroatoms. The number of rotatable bonds is 2. The zero-order valence-corrected chi connectivity index (χ0v) is 12.7. The SMILES string of the molecule is CC(C)C1CCCN(c2cc(Cl)nc3ncnn23)CC1. The molecule has 0 aromatic carbocycles. The maximum atomic E-state index is 6.10. The average molecular weight is 294 g/mol. The van der Waals surface area contributed by atoms with E-state index in [1.165, 1.54) is 25.6 Å². The van der Waals surface area contributed by atoms with Crippen LogP contribution in [0, 0.1) is 11.8 Å². The summed E-state index contributed by atoms with van der Waals surface area (Å²) >= 11 is 6.10. The Labute approximate surface area is 124 Å². The van der Waals surface area contributed by atoms with Crippen LogP contribution < -0.4 is 4.90 Å². The van der Waals surface area contributed by atoms with E-state index < -0.39 is 0 Å². The average Bonchev–Trinajstić information content (AvgIpc) is 2.73. The molecule has 3 rings (SSSR count). The van der Waals surface area contributed by atoms with Gasteiger partial charge in [-0.25, -0.2) is 0 Å². The number of anilines is 1. The van der Waals surface area contributed by atoms with Gasteiger partial charge in [0, 0.05) is 19.2 Å². The Morgan fingerprint density at radius 3 is 2.95 bits per heavy atom. The number of hydrogen-bond donors (Lipinski definition) is 0. The smallest absolute Gasteiger partial charge is 0.255 e. The molecule has 20 heavy (non-hydrogen) atoms. The summed E-state index contributed by atoms with van der Waals surface area (Å²) in [5.74, 6) is 3.13. The number of hydrogen-bond acceptors (Lipinski definition) is 4. The van der Waals surface area contributed by atoms with Gasteiger partial charge in [-0.05, 0) is 31.1 Å². The topological polar surface area (TPSA) is 46.3 Å². The quantitative estimate of drug-likeness (QED) is 0.799. The minimum Gasteiger partial charge on any atom is -0.356 e. The third kappa shape index (κ3) is 2.59. The summed E-state index contributed by atoms with van der Waals surface area (Å²) in [6.45, 7) is 6.72. The molecule has 1 aliphatic rings. The van der Waals surface area contributed by atoms with Crippen LogP contribution in [0.25, 0.3) is 5.78 Å². The summed E-state index contributed by atoms with van der Waals surface area (Å²) in [6.07, 6.45) is 5.25. The first kappa shape index (κ1) is 13.6. The molecule has 1 atom stereocenters. The lowest BCUT2D eigenvalue weighted by molar-refractivity contribution is 0.351. The summed E-state index contributed by atoms with van der Waals surface area (Å²) in [4.78, 5) is 10.7. The lowest BCUT2D eigenvalue weighted by atomic mass is 9.89. The molecule has 2 aromatic rings. The normalized spacial score (nSPS) is 20.6. The third-order valence-corrected chi connectivity index (χ3v) is 4.43. The Bertz CT molecular complexity index is 594. The zero-order valence-electron chi connectivity index (χ0n) is 12.0. The Morgan fingerprint density at radius 1 is 1.30 bits per heavy atom. The van der Waals surface area contributed by atoms with Crippen molar-refractivity contribution in [1.82, 2.24) is 19.6 Å². The van der Waals surface area contributed by atoms with Gasteiger partial charge in [0.1, 0.15) is 17.3 Å². The Kier molecular flexibility index (Phi) is 3.78. The molecule has 1 fully saturated rings. The summed E-state index contributed by atoms with van der Waals surface area (Å²) < 4.78 is 1.78. The Hall–Kier alpha value is -1.36. The van der Waals surface area contributed by atoms with Crippen LogP contribution in [0.2, 0.25) is 5.15 Å². The highest BCUT2D eigenvalue weighted by Gasteiger charge is 2.21. The molecule has 5 nitrogen and oxygen atoms in total. The van der Waals surface area contributed by atoms with Crippen molar-refractivity contribution in [1.29, 1.82) is 0 Å². The zero-order chi connectivity index (χ0) is 14.1. The molecular weight excluding hydrogens is 274 g/mol. The first-order valence-electron chi connectivity index (χ1n) is 7.26. The molecule has 0 N–H and O–H groups in total. The van der Waals surface area contributed by atoms with Crippen LogP contribution in [0.3, 0.4) is 0 Å². The summed E-state index contributed by atoms with van der Waals surface area (Å²) in [6, 6.07) is 1.89. The van der Waals surface area contributed by atoms with E-state index in [9.17, 15) is 0 Å². The van der Waals surface area contributed by atoms with Crippen LogP contribution in [-0.4, -0.2) is 32.7 Å². The van der Waals surface area contributed by atoms with Crippen molar-refractivity contribution < 1.29 is 0 Å². The van der Waals surface area contributed by atoms with Gasteiger partial charge in [0.15, 0.2) is 0 Å². The van der Waals surface area contributed by atoms with Gasteiger partial charge in [-0.2, -0.15) is 19.6 Å². The highest BCUT2D eigenvalue weighted by atomic mass is 35.5. The Balaban J connectivity index is 1.89. The molecule has 0 spiro atoms. The fraction of sp³-hybridized carbons (Fsp3) is 0.643. The summed E-state index contributed by atoms with van der Waals surface area (Å²) in [5, 5.41) is 4.74. The molecule has 1 aliphatic heterocycles. The number of halogens is 1. The van der Waals surface area contributed by atoms with Gasteiger partial charge in [-0.1, -0.05) is 25.4 Å². The lowest BCUT2D eigenvalue weighted by Crippen LogP contribution is -2.27. The molecule has 2 aromatic heterocycles. The molecule has 0 saturated carbocycles. The van der Waals surface area contributed by atoms with Crippen molar-refractivity contribution in [2.45, 2.75) is 33.1 Å². The fourth-order valence-electron chi connectivity index (χ4n) is 3.01. The molecule has 3 heterocycles. The standard InChI is InChI=1S/C14H20ClN5/c1-10(2)11-4-3-6-19(7-5-11)13-8-12(15)18-14-16-9-17-20(13)14/h8-11H,3-7H2,1-2H3. The molecule has 1 saturated heterocycles. The summed E-state index contributed by atoms with van der Waals surface area (Å²) in [7, 11) is 0. The van der Waals surface area contributed by atoms with Gasteiger partial charge < -0.3 is 4.90 Å². The van der Waals surface area contributed by atoms with Crippen LogP contribution in [0.5, 0.6) is 0 Å². The van der Waals surface area contributed by atoms with E-state index in [1.807, 2.05) is 6.07 Å². The van der Waals surface area contributed by atoms with Crippen LogP contribution in [-0.2, 0) is 0 Å². The molecule has 0 aliphatic carbocycles. The van der Waals surface area contributed by atoms with Gasteiger partial charge in [0.05, 0.1) is 0 Å². The van der Waals surface area contributed by atoms with Gasteiger partial charge in [-0.3, -0.25) is 0 Å². The minimum absolute atomic E-state index is 0.477. The molecular formula is C14H20ClN5. The first-order chi connectivity index (χ1) is 9.65. The monoisotopic (exact) mass is 293 g/mol. The minimum atomic E-state index is 0.477. The van der Waals surface area contributed by atoms with E-state index in [0.717, 1.165) is 30.7 Å².